The van der Waals surface area contributed by atoms with Crippen LogP contribution >= 0.6 is 23.8 Å². The van der Waals surface area contributed by atoms with Crippen LogP contribution in [0.3, 0.4) is 0 Å². The Labute approximate surface area is 112 Å². The van der Waals surface area contributed by atoms with Crippen LogP contribution in [0.4, 0.5) is 4.39 Å². The van der Waals surface area contributed by atoms with Crippen molar-refractivity contribution in [3.63, 3.8) is 0 Å². The van der Waals surface area contributed by atoms with E-state index in [1.165, 1.54) is 12.1 Å². The van der Waals surface area contributed by atoms with E-state index in [0.29, 0.717) is 23.1 Å². The van der Waals surface area contributed by atoms with Gasteiger partial charge in [-0.25, -0.2) is 4.39 Å². The third kappa shape index (κ3) is 4.58. The Morgan fingerprint density at radius 1 is 1.53 bits per heavy atom. The second-order valence-electron chi connectivity index (χ2n) is 4.20. The van der Waals surface area contributed by atoms with Crippen LogP contribution in [0.15, 0.2) is 18.2 Å². The summed E-state index contributed by atoms with van der Waals surface area (Å²) in [5.74, 6) is -0.329. The zero-order chi connectivity index (χ0) is 13.0. The molecule has 2 nitrogen and oxygen atoms in total. The second-order valence-corrected chi connectivity index (χ2v) is 5.13. The summed E-state index contributed by atoms with van der Waals surface area (Å²) < 4.78 is 12.9. The van der Waals surface area contributed by atoms with E-state index >= 15 is 0 Å². The summed E-state index contributed by atoms with van der Waals surface area (Å²) in [6.45, 7) is 5.24. The minimum atomic E-state index is -0.329. The lowest BCUT2D eigenvalue weighted by molar-refractivity contribution is 0.245. The van der Waals surface area contributed by atoms with E-state index in [9.17, 15) is 4.39 Å². The van der Waals surface area contributed by atoms with Crippen molar-refractivity contribution in [2.45, 2.75) is 26.4 Å². The first-order valence-electron chi connectivity index (χ1n) is 5.36. The summed E-state index contributed by atoms with van der Waals surface area (Å²) in [6.07, 6.45) is 0. The molecule has 0 amide bonds. The van der Waals surface area contributed by atoms with Gasteiger partial charge in [-0.05, 0) is 31.5 Å². The minimum Gasteiger partial charge on any atom is -0.392 e. The van der Waals surface area contributed by atoms with Crippen molar-refractivity contribution in [1.82, 2.24) is 4.90 Å². The summed E-state index contributed by atoms with van der Waals surface area (Å²) in [4.78, 5) is 2.53. The molecule has 0 aliphatic heterocycles. The van der Waals surface area contributed by atoms with Crippen molar-refractivity contribution in [2.24, 2.45) is 5.73 Å². The summed E-state index contributed by atoms with van der Waals surface area (Å²) in [7, 11) is 0. The van der Waals surface area contributed by atoms with Crippen LogP contribution in [-0.4, -0.2) is 22.5 Å². The van der Waals surface area contributed by atoms with E-state index in [2.05, 4.69) is 18.7 Å². The smallest absolute Gasteiger partial charge is 0.124 e. The zero-order valence-corrected chi connectivity index (χ0v) is 11.5. The van der Waals surface area contributed by atoms with Crippen molar-refractivity contribution in [2.75, 3.05) is 6.54 Å². The predicted octanol–water partition coefficient (Wildman–Crippen LogP) is 2.98. The van der Waals surface area contributed by atoms with Crippen molar-refractivity contribution in [3.05, 3.63) is 34.6 Å². The van der Waals surface area contributed by atoms with Gasteiger partial charge in [-0.2, -0.15) is 0 Å². The molecular weight excluding hydrogens is 259 g/mol. The molecule has 0 bridgehead atoms. The highest BCUT2D eigenvalue weighted by Gasteiger charge is 2.13. The molecule has 5 heteroatoms. The molecule has 0 saturated heterocycles. The average molecular weight is 275 g/mol. The zero-order valence-electron chi connectivity index (χ0n) is 9.91. The molecule has 0 atom stereocenters. The van der Waals surface area contributed by atoms with Crippen LogP contribution in [0.1, 0.15) is 19.4 Å². The van der Waals surface area contributed by atoms with Crippen molar-refractivity contribution >= 4 is 28.8 Å². The first kappa shape index (κ1) is 14.4. The first-order valence-corrected chi connectivity index (χ1v) is 6.15. The summed E-state index contributed by atoms with van der Waals surface area (Å²) in [6, 6.07) is 4.70. The second kappa shape index (κ2) is 6.28. The predicted molar refractivity (Wildman–Crippen MR) is 73.7 cm³/mol. The maximum absolute atomic E-state index is 12.9. The van der Waals surface area contributed by atoms with Gasteiger partial charge in [-0.3, -0.25) is 4.90 Å². The Balaban J connectivity index is 2.82. The maximum Gasteiger partial charge on any atom is 0.124 e. The van der Waals surface area contributed by atoms with Crippen LogP contribution in [0, 0.1) is 5.82 Å². The van der Waals surface area contributed by atoms with Gasteiger partial charge in [0.05, 0.1) is 4.99 Å². The molecule has 1 aromatic rings. The van der Waals surface area contributed by atoms with Gasteiger partial charge in [0, 0.05) is 24.2 Å². The van der Waals surface area contributed by atoms with E-state index < -0.39 is 0 Å². The fraction of sp³-hybridized carbons (Fsp3) is 0.417. The number of hydrogen-bond acceptors (Lipinski definition) is 2. The Morgan fingerprint density at radius 3 is 2.65 bits per heavy atom. The molecule has 0 aliphatic carbocycles. The Hall–Kier alpha value is -0.710. The van der Waals surface area contributed by atoms with Gasteiger partial charge in [0.1, 0.15) is 5.82 Å². The van der Waals surface area contributed by atoms with Gasteiger partial charge in [-0.15, -0.1) is 0 Å². The molecule has 2 N–H and O–H groups in total. The van der Waals surface area contributed by atoms with Gasteiger partial charge in [0.25, 0.3) is 0 Å². The average Bonchev–Trinajstić information content (AvgIpc) is 2.19. The molecule has 0 spiro atoms. The summed E-state index contributed by atoms with van der Waals surface area (Å²) in [5.41, 5.74) is 6.42. The van der Waals surface area contributed by atoms with Crippen molar-refractivity contribution in [3.8, 4) is 0 Å². The molecule has 0 saturated carbocycles. The third-order valence-corrected chi connectivity index (χ3v) is 2.96. The lowest BCUT2D eigenvalue weighted by Gasteiger charge is -2.26. The Morgan fingerprint density at radius 2 is 2.18 bits per heavy atom. The number of rotatable bonds is 5. The fourth-order valence-electron chi connectivity index (χ4n) is 1.49. The highest BCUT2D eigenvalue weighted by molar-refractivity contribution is 7.80. The number of nitrogens with two attached hydrogens (primary N) is 1. The molecule has 0 heterocycles. The molecule has 94 valence electrons. The Bertz CT molecular complexity index is 409. The lowest BCUT2D eigenvalue weighted by Crippen LogP contribution is -2.37. The topological polar surface area (TPSA) is 29.3 Å². The minimum absolute atomic E-state index is 0.289. The van der Waals surface area contributed by atoms with E-state index in [1.807, 2.05) is 0 Å². The van der Waals surface area contributed by atoms with Gasteiger partial charge in [0.15, 0.2) is 0 Å². The number of nitrogens with zero attached hydrogens (tertiary/aromatic N) is 1. The molecule has 0 radical (unpaired) electrons. The number of hydrogen-bond donors (Lipinski definition) is 1. The molecule has 0 fully saturated rings. The van der Waals surface area contributed by atoms with Crippen LogP contribution in [0.2, 0.25) is 5.02 Å². The van der Waals surface area contributed by atoms with Gasteiger partial charge >= 0.3 is 0 Å². The molecule has 0 unspecified atom stereocenters. The van der Waals surface area contributed by atoms with E-state index in [-0.39, 0.29) is 11.9 Å². The summed E-state index contributed by atoms with van der Waals surface area (Å²) in [5, 5.41) is 0.429. The highest BCUT2D eigenvalue weighted by atomic mass is 35.5. The fourth-order valence-corrected chi connectivity index (χ4v) is 1.88. The SMILES string of the molecule is CC(C)N(CC(N)=S)Cc1ccc(F)cc1Cl. The van der Waals surface area contributed by atoms with E-state index in [0.717, 1.165) is 5.56 Å². The lowest BCUT2D eigenvalue weighted by atomic mass is 10.2. The van der Waals surface area contributed by atoms with E-state index in [4.69, 9.17) is 29.6 Å². The third-order valence-electron chi connectivity index (χ3n) is 2.48. The Kier molecular flexibility index (Phi) is 5.31. The monoisotopic (exact) mass is 274 g/mol. The first-order chi connectivity index (χ1) is 7.90. The quantitative estimate of drug-likeness (QED) is 0.837. The van der Waals surface area contributed by atoms with Crippen LogP contribution < -0.4 is 5.73 Å². The maximum atomic E-state index is 12.9. The molecule has 17 heavy (non-hydrogen) atoms. The number of thiocarbonyl (C=S) groups is 1. The van der Waals surface area contributed by atoms with Crippen molar-refractivity contribution in [1.29, 1.82) is 0 Å². The van der Waals surface area contributed by atoms with Crippen LogP contribution in [0.25, 0.3) is 0 Å². The van der Waals surface area contributed by atoms with Gasteiger partial charge in [-0.1, -0.05) is 29.9 Å². The van der Waals surface area contributed by atoms with Crippen molar-refractivity contribution < 1.29 is 4.39 Å². The largest absolute Gasteiger partial charge is 0.392 e. The number of halogens is 2. The molecule has 1 rings (SSSR count). The van der Waals surface area contributed by atoms with Gasteiger partial charge in [0.2, 0.25) is 0 Å². The molecule has 0 aromatic heterocycles. The van der Waals surface area contributed by atoms with E-state index in [1.54, 1.807) is 6.07 Å². The highest BCUT2D eigenvalue weighted by Crippen LogP contribution is 2.19. The van der Waals surface area contributed by atoms with Crippen LogP contribution in [-0.2, 0) is 6.54 Å². The standard InChI is InChI=1S/C12H16ClFN2S/c1-8(2)16(7-12(15)17)6-9-3-4-10(14)5-11(9)13/h3-5,8H,6-7H2,1-2H3,(H2,15,17). The number of benzene rings is 1. The molecular formula is C12H16ClFN2S. The molecule has 0 aliphatic rings. The summed E-state index contributed by atoms with van der Waals surface area (Å²) >= 11 is 10.9. The van der Waals surface area contributed by atoms with Gasteiger partial charge < -0.3 is 5.73 Å². The normalized spacial score (nSPS) is 11.2. The molecule has 1 aromatic carbocycles. The van der Waals surface area contributed by atoms with Crippen LogP contribution in [0.5, 0.6) is 0 Å².